The van der Waals surface area contributed by atoms with Crippen molar-refractivity contribution in [3.8, 4) is 17.2 Å². The number of phenolic OH excluding ortho intramolecular Hbond substituents is 2. The number of carbonyl (C=O) groups is 5. The number of hydrogen-bond donors (Lipinski definition) is 6. The first-order chi connectivity index (χ1) is 24.8. The molecule has 5 rings (SSSR count). The number of carbonyl (C=O) groups excluding carboxylic acids is 4. The summed E-state index contributed by atoms with van der Waals surface area (Å²) in [7, 11) is -1.00. The number of benzene rings is 2. The molecule has 2 aromatic carbocycles. The second-order valence-corrected chi connectivity index (χ2v) is 19.4. The van der Waals surface area contributed by atoms with Crippen molar-refractivity contribution in [1.29, 1.82) is 0 Å². The summed E-state index contributed by atoms with van der Waals surface area (Å²) in [6.07, 6.45) is -3.04. The molecule has 15 heteroatoms. The van der Waals surface area contributed by atoms with Crippen LogP contribution in [0.4, 0.5) is 0 Å². The lowest BCUT2D eigenvalue weighted by molar-refractivity contribution is -0.245. The average molecular weight is 757 g/mol. The topological polar surface area (TPSA) is 234 Å². The van der Waals surface area contributed by atoms with Crippen molar-refractivity contribution in [2.24, 2.45) is 17.8 Å². The molecule has 7 atom stereocenters. The highest BCUT2D eigenvalue weighted by atomic mass is 28.4. The molecule has 0 bridgehead atoms. The molecule has 1 aliphatic heterocycles. The Balaban J connectivity index is 1.47. The number of aromatic hydroxyl groups is 2. The van der Waals surface area contributed by atoms with E-state index in [1.54, 1.807) is 20.0 Å². The number of fused-ring (bicyclic) bond motifs is 3. The Morgan fingerprint density at radius 3 is 2.34 bits per heavy atom. The predicted molar refractivity (Wildman–Crippen MR) is 190 cm³/mol. The van der Waals surface area contributed by atoms with Gasteiger partial charge in [-0.25, -0.2) is 0 Å². The van der Waals surface area contributed by atoms with Crippen molar-refractivity contribution in [3.05, 3.63) is 51.6 Å². The second-order valence-electron chi connectivity index (χ2n) is 15.2. The minimum absolute atomic E-state index is 0.0686. The largest absolute Gasteiger partial charge is 0.507 e. The van der Waals surface area contributed by atoms with Crippen molar-refractivity contribution in [1.82, 2.24) is 0 Å². The molecule has 1 unspecified atom stereocenters. The molecule has 14 nitrogen and oxygen atoms in total. The first-order valence-corrected chi connectivity index (χ1v) is 21.0. The molecule has 0 radical (unpaired) electrons. The Hall–Kier alpha value is -3.99. The first kappa shape index (κ1) is 40.2. The van der Waals surface area contributed by atoms with Crippen molar-refractivity contribution in [2.75, 3.05) is 13.7 Å². The number of methoxy groups -OCH3 is 1. The molecule has 2 aromatic rings. The van der Waals surface area contributed by atoms with Gasteiger partial charge in [-0.1, -0.05) is 31.9 Å². The molecule has 0 aromatic heterocycles. The van der Waals surface area contributed by atoms with E-state index in [2.05, 4.69) is 0 Å². The third kappa shape index (κ3) is 7.82. The van der Waals surface area contributed by atoms with Gasteiger partial charge in [-0.05, 0) is 50.4 Å². The summed E-state index contributed by atoms with van der Waals surface area (Å²) in [5.41, 5.74) is -3.92. The fourth-order valence-corrected chi connectivity index (χ4v) is 9.04. The van der Waals surface area contributed by atoms with Crippen LogP contribution in [0.5, 0.6) is 17.2 Å². The van der Waals surface area contributed by atoms with Gasteiger partial charge >= 0.3 is 5.97 Å². The zero-order valence-electron chi connectivity index (χ0n) is 30.5. The number of ether oxygens (including phenoxy) is 3. The molecule has 53 heavy (non-hydrogen) atoms. The minimum Gasteiger partial charge on any atom is -0.507 e. The number of carboxylic acids is 1. The lowest BCUT2D eigenvalue weighted by Crippen LogP contribution is -2.48. The summed E-state index contributed by atoms with van der Waals surface area (Å²) in [5.74, 6) is -7.54. The van der Waals surface area contributed by atoms with Gasteiger partial charge in [0.25, 0.3) is 0 Å². The molecule has 6 N–H and O–H groups in total. The van der Waals surface area contributed by atoms with Crippen molar-refractivity contribution in [2.45, 2.75) is 102 Å². The van der Waals surface area contributed by atoms with Gasteiger partial charge in [-0.2, -0.15) is 0 Å². The molecule has 1 heterocycles. The van der Waals surface area contributed by atoms with Gasteiger partial charge in [0.05, 0.1) is 36.0 Å². The van der Waals surface area contributed by atoms with Gasteiger partial charge in [0.2, 0.25) is 5.78 Å². The van der Waals surface area contributed by atoms with Gasteiger partial charge in [-0.15, -0.1) is 0 Å². The first-order valence-electron chi connectivity index (χ1n) is 17.9. The normalized spacial score (nSPS) is 25.9. The number of aliphatic hydroxyl groups is 2. The maximum atomic E-state index is 13.9. The van der Waals surface area contributed by atoms with E-state index in [4.69, 9.17) is 14.2 Å². The van der Waals surface area contributed by atoms with E-state index < -0.39 is 115 Å². The Kier molecular flexibility index (Phi) is 11.7. The van der Waals surface area contributed by atoms with Crippen LogP contribution < -0.4 is 4.74 Å². The van der Waals surface area contributed by atoms with Crippen LogP contribution in [0.3, 0.4) is 0 Å². The van der Waals surface area contributed by atoms with E-state index in [0.29, 0.717) is 18.9 Å². The Labute approximate surface area is 307 Å². The number of aliphatic carboxylic acids is 1. The number of hydrogen-bond acceptors (Lipinski definition) is 13. The number of aliphatic hydroxyl groups excluding tert-OH is 1. The number of Topliss-reactive ketones (excluding diaryl/α,β-unsaturated/α-hetero) is 2. The van der Waals surface area contributed by atoms with Crippen LogP contribution in [0.15, 0.2) is 18.2 Å². The van der Waals surface area contributed by atoms with Crippen molar-refractivity contribution < 1.29 is 68.5 Å². The van der Waals surface area contributed by atoms with Gasteiger partial charge in [0.15, 0.2) is 26.2 Å². The van der Waals surface area contributed by atoms with E-state index in [-0.39, 0.29) is 53.2 Å². The van der Waals surface area contributed by atoms with Gasteiger partial charge in [0.1, 0.15) is 41.2 Å². The highest BCUT2D eigenvalue weighted by Gasteiger charge is 2.50. The van der Waals surface area contributed by atoms with Crippen LogP contribution in [-0.2, 0) is 30.3 Å². The summed E-state index contributed by atoms with van der Waals surface area (Å²) in [6.45, 7) is 6.14. The predicted octanol–water partition coefficient (Wildman–Crippen LogP) is 3.59. The average Bonchev–Trinajstić information content (AvgIpc) is 3.09. The Morgan fingerprint density at radius 2 is 1.72 bits per heavy atom. The minimum atomic E-state index is -2.32. The van der Waals surface area contributed by atoms with E-state index in [1.807, 2.05) is 6.92 Å². The lowest BCUT2D eigenvalue weighted by Gasteiger charge is -2.43. The molecular weight excluding hydrogens is 708 g/mol. The monoisotopic (exact) mass is 756 g/mol. The van der Waals surface area contributed by atoms with Crippen molar-refractivity contribution in [3.63, 3.8) is 0 Å². The fraction of sp³-hybridized carbons (Fsp3) is 0.553. The number of rotatable bonds is 14. The van der Waals surface area contributed by atoms with E-state index in [0.717, 1.165) is 0 Å². The summed E-state index contributed by atoms with van der Waals surface area (Å²) < 4.78 is 17.8. The molecular formula is C38H48O14Si. The van der Waals surface area contributed by atoms with E-state index in [9.17, 15) is 54.3 Å². The summed E-state index contributed by atoms with van der Waals surface area (Å²) >= 11 is 0. The van der Waals surface area contributed by atoms with Crippen LogP contribution >= 0.6 is 0 Å². The Morgan fingerprint density at radius 1 is 1.04 bits per heavy atom. The SMILES string of the molecule is COc1cccc2c1C(=O)c1c(O)c3c(c(O)c1C2=O)C[C@@](O)(C(=O)CO)C[C@@H]3O[C@H]1C[C@H](CC(=O)C(CCCC[Si](C)(C)O)C(=O)O)[C@H](C)[C@H](C)O1. The molecule has 0 spiro atoms. The molecule has 1 fully saturated rings. The maximum absolute atomic E-state index is 13.9. The molecule has 1 saturated heterocycles. The fourth-order valence-electron chi connectivity index (χ4n) is 7.93. The van der Waals surface area contributed by atoms with E-state index in [1.165, 1.54) is 25.3 Å². The zero-order chi connectivity index (χ0) is 39.2. The molecule has 2 aliphatic carbocycles. The van der Waals surface area contributed by atoms with Crippen LogP contribution in [0.2, 0.25) is 19.1 Å². The van der Waals surface area contributed by atoms with Gasteiger partial charge < -0.3 is 44.5 Å². The lowest BCUT2D eigenvalue weighted by atomic mass is 9.72. The van der Waals surface area contributed by atoms with Gasteiger partial charge in [-0.3, -0.25) is 24.0 Å². The smallest absolute Gasteiger partial charge is 0.314 e. The highest BCUT2D eigenvalue weighted by Crippen LogP contribution is 2.53. The van der Waals surface area contributed by atoms with Gasteiger partial charge in [0, 0.05) is 42.4 Å². The van der Waals surface area contributed by atoms with Crippen molar-refractivity contribution >= 4 is 37.4 Å². The number of unbranched alkanes of at least 4 members (excludes halogenated alkanes) is 1. The molecule has 288 valence electrons. The van der Waals surface area contributed by atoms with Crippen LogP contribution in [0.1, 0.15) is 101 Å². The summed E-state index contributed by atoms with van der Waals surface area (Å²) in [6, 6.07) is 4.92. The quantitative estimate of drug-likeness (QED) is 0.0597. The molecule has 0 saturated carbocycles. The van der Waals surface area contributed by atoms with Crippen LogP contribution in [0.25, 0.3) is 0 Å². The zero-order valence-corrected chi connectivity index (χ0v) is 31.5. The van der Waals surface area contributed by atoms with Crippen LogP contribution in [-0.4, -0.2) is 99.5 Å². The summed E-state index contributed by atoms with van der Waals surface area (Å²) in [4.78, 5) is 76.3. The van der Waals surface area contributed by atoms with Crippen LogP contribution in [0, 0.1) is 17.8 Å². The number of carboxylic acid groups (broad SMARTS) is 1. The molecule has 3 aliphatic rings. The Bertz CT molecular complexity index is 1810. The number of phenols is 2. The third-order valence-electron chi connectivity index (χ3n) is 11.1. The maximum Gasteiger partial charge on any atom is 0.314 e. The third-order valence-corrected chi connectivity index (χ3v) is 12.7. The van der Waals surface area contributed by atoms with E-state index >= 15 is 0 Å². The summed E-state index contributed by atoms with van der Waals surface area (Å²) in [5, 5.41) is 54.6. The number of ketones is 4. The highest BCUT2D eigenvalue weighted by molar-refractivity contribution is 6.69. The molecule has 0 amide bonds. The standard InChI is InChI=1S/C38H48O14Si/c1-18-19(2)51-28(14-20(18)13-24(40)21(37(46)47)9-6-7-12-53(4,5)49)52-26-16-38(48,27(41)17-39)15-23-30(26)36(45)32-31(34(23)43)33(42)22-10-8-11-25(50-3)29(22)35(32)44/h8,10-11,18-21,26,28,39,43,45,48-49H,6-7,9,12-17H2,1-5H3,(H,46,47)/t18-,19+,20+,21?,26+,28+,38+/m1/s1. The second kappa shape index (κ2) is 15.4.